The lowest BCUT2D eigenvalue weighted by atomic mass is 10.2. The maximum Gasteiger partial charge on any atom is 0.254 e. The van der Waals surface area contributed by atoms with Gasteiger partial charge in [-0.2, -0.15) is 4.39 Å². The number of aromatic nitrogens is 1. The van der Waals surface area contributed by atoms with E-state index >= 15 is 0 Å². The van der Waals surface area contributed by atoms with Crippen molar-refractivity contribution < 1.29 is 18.4 Å². The van der Waals surface area contributed by atoms with Crippen LogP contribution >= 0.6 is 0 Å². The first-order valence-corrected chi connectivity index (χ1v) is 5.79. The summed E-state index contributed by atoms with van der Waals surface area (Å²) in [6, 6.07) is 1.08. The maximum atomic E-state index is 13.2. The zero-order chi connectivity index (χ0) is 14.4. The zero-order valence-electron chi connectivity index (χ0n) is 10.7. The Kier molecular flexibility index (Phi) is 5.35. The lowest BCUT2D eigenvalue weighted by Crippen LogP contribution is -2.34. The molecule has 19 heavy (non-hydrogen) atoms. The average molecular weight is 271 g/mol. The van der Waals surface area contributed by atoms with Crippen molar-refractivity contribution in [2.24, 2.45) is 0 Å². The van der Waals surface area contributed by atoms with Crippen LogP contribution in [0.4, 0.5) is 8.78 Å². The van der Waals surface area contributed by atoms with Gasteiger partial charge in [-0.25, -0.2) is 9.37 Å². The molecular weight excluding hydrogens is 256 g/mol. The van der Waals surface area contributed by atoms with Gasteiger partial charge in [-0.1, -0.05) is 0 Å². The van der Waals surface area contributed by atoms with Gasteiger partial charge < -0.3 is 10.6 Å². The predicted octanol–water partition coefficient (Wildman–Crippen LogP) is 1.00. The van der Waals surface area contributed by atoms with Crippen molar-refractivity contribution in [1.29, 1.82) is 0 Å². The van der Waals surface area contributed by atoms with Crippen molar-refractivity contribution in [1.82, 2.24) is 15.6 Å². The van der Waals surface area contributed by atoms with E-state index in [1.807, 2.05) is 13.8 Å². The average Bonchev–Trinajstić information content (AvgIpc) is 2.31. The Morgan fingerprint density at radius 3 is 2.68 bits per heavy atom. The van der Waals surface area contributed by atoms with E-state index < -0.39 is 23.2 Å². The summed E-state index contributed by atoms with van der Waals surface area (Å²) in [6.07, 6.45) is 1.07. The van der Waals surface area contributed by atoms with Crippen molar-refractivity contribution in [2.75, 3.05) is 6.54 Å². The van der Waals surface area contributed by atoms with E-state index in [2.05, 4.69) is 15.6 Å². The molecule has 1 rings (SSSR count). The van der Waals surface area contributed by atoms with Gasteiger partial charge >= 0.3 is 0 Å². The molecule has 1 aromatic heterocycles. The number of nitrogens with zero attached hydrogens (tertiary/aromatic N) is 1. The van der Waals surface area contributed by atoms with Gasteiger partial charge in [-0.3, -0.25) is 9.59 Å². The van der Waals surface area contributed by atoms with Gasteiger partial charge in [0.15, 0.2) is 5.82 Å². The highest BCUT2D eigenvalue weighted by Crippen LogP contribution is 2.08. The first-order chi connectivity index (χ1) is 8.91. The molecule has 0 bridgehead atoms. The summed E-state index contributed by atoms with van der Waals surface area (Å²) >= 11 is 0. The number of pyridine rings is 1. The van der Waals surface area contributed by atoms with Crippen molar-refractivity contribution in [3.05, 3.63) is 29.6 Å². The lowest BCUT2D eigenvalue weighted by molar-refractivity contribution is -0.121. The van der Waals surface area contributed by atoms with Crippen LogP contribution in [0.1, 0.15) is 30.6 Å². The molecule has 1 aromatic rings. The number of amides is 2. The van der Waals surface area contributed by atoms with Crippen LogP contribution in [0.2, 0.25) is 0 Å². The predicted molar refractivity (Wildman–Crippen MR) is 64.4 cm³/mol. The third kappa shape index (κ3) is 4.61. The second-order valence-electron chi connectivity index (χ2n) is 4.19. The number of halogens is 2. The molecule has 0 unspecified atom stereocenters. The van der Waals surface area contributed by atoms with Gasteiger partial charge in [-0.05, 0) is 19.9 Å². The number of carbonyl (C=O) groups is 2. The Morgan fingerprint density at radius 2 is 2.05 bits per heavy atom. The number of hydrogen-bond acceptors (Lipinski definition) is 3. The third-order valence-corrected chi connectivity index (χ3v) is 2.18. The fraction of sp³-hybridized carbons (Fsp3) is 0.417. The van der Waals surface area contributed by atoms with Crippen LogP contribution in [0, 0.1) is 11.8 Å². The molecule has 2 N–H and O–H groups in total. The monoisotopic (exact) mass is 271 g/mol. The first kappa shape index (κ1) is 15.0. The fourth-order valence-electron chi connectivity index (χ4n) is 1.37. The summed E-state index contributed by atoms with van der Waals surface area (Å²) in [4.78, 5) is 25.9. The molecule has 0 saturated carbocycles. The number of hydrogen-bond donors (Lipinski definition) is 2. The molecule has 0 aliphatic rings. The second kappa shape index (κ2) is 6.77. The molecule has 104 valence electrons. The largest absolute Gasteiger partial charge is 0.354 e. The number of carbonyl (C=O) groups excluding carboxylic acids is 2. The molecule has 0 aliphatic heterocycles. The van der Waals surface area contributed by atoms with Crippen molar-refractivity contribution in [2.45, 2.75) is 26.3 Å². The Balaban J connectivity index is 2.48. The van der Waals surface area contributed by atoms with E-state index in [-0.39, 0.29) is 24.9 Å². The minimum atomic E-state index is -1.33. The highest BCUT2D eigenvalue weighted by Gasteiger charge is 2.15. The Labute approximate surface area is 109 Å². The minimum Gasteiger partial charge on any atom is -0.354 e. The van der Waals surface area contributed by atoms with Crippen LogP contribution in [0.25, 0.3) is 0 Å². The number of nitrogens with one attached hydrogen (secondary N) is 2. The van der Waals surface area contributed by atoms with Crippen LogP contribution in [-0.2, 0) is 4.79 Å². The summed E-state index contributed by atoms with van der Waals surface area (Å²) in [7, 11) is 0. The molecule has 1 heterocycles. The van der Waals surface area contributed by atoms with E-state index in [0.29, 0.717) is 0 Å². The second-order valence-corrected chi connectivity index (χ2v) is 4.19. The van der Waals surface area contributed by atoms with Gasteiger partial charge in [-0.15, -0.1) is 0 Å². The van der Waals surface area contributed by atoms with Crippen LogP contribution < -0.4 is 10.6 Å². The summed E-state index contributed by atoms with van der Waals surface area (Å²) in [5.41, 5.74) is -0.434. The lowest BCUT2D eigenvalue weighted by Gasteiger charge is -2.09. The Hall–Kier alpha value is -2.05. The van der Waals surface area contributed by atoms with E-state index in [9.17, 15) is 18.4 Å². The van der Waals surface area contributed by atoms with Gasteiger partial charge in [0.1, 0.15) is 0 Å². The Bertz CT molecular complexity index is 478. The minimum absolute atomic E-state index is 0.00920. The van der Waals surface area contributed by atoms with E-state index in [1.54, 1.807) is 0 Å². The summed E-state index contributed by atoms with van der Waals surface area (Å²) in [6.45, 7) is 3.66. The first-order valence-electron chi connectivity index (χ1n) is 5.79. The molecule has 0 radical (unpaired) electrons. The van der Waals surface area contributed by atoms with Gasteiger partial charge in [0.25, 0.3) is 5.91 Å². The highest BCUT2D eigenvalue weighted by atomic mass is 19.2. The molecule has 0 aliphatic carbocycles. The van der Waals surface area contributed by atoms with Gasteiger partial charge in [0.2, 0.25) is 11.9 Å². The van der Waals surface area contributed by atoms with Crippen molar-refractivity contribution >= 4 is 11.8 Å². The van der Waals surface area contributed by atoms with Crippen LogP contribution in [0.3, 0.4) is 0 Å². The molecule has 0 aromatic carbocycles. The zero-order valence-corrected chi connectivity index (χ0v) is 10.7. The van der Waals surface area contributed by atoms with Crippen molar-refractivity contribution in [3.63, 3.8) is 0 Å². The molecule has 0 saturated heterocycles. The quantitative estimate of drug-likeness (QED) is 0.785. The maximum absolute atomic E-state index is 13.2. The normalized spacial score (nSPS) is 10.4. The summed E-state index contributed by atoms with van der Waals surface area (Å²) in [5.74, 6) is -3.63. The highest BCUT2D eigenvalue weighted by molar-refractivity contribution is 5.94. The topological polar surface area (TPSA) is 71.1 Å². The summed E-state index contributed by atoms with van der Waals surface area (Å²) in [5, 5.41) is 4.98. The van der Waals surface area contributed by atoms with Gasteiger partial charge in [0.05, 0.1) is 5.56 Å². The molecule has 7 heteroatoms. The molecule has 2 amide bonds. The Morgan fingerprint density at radius 1 is 1.37 bits per heavy atom. The van der Waals surface area contributed by atoms with Gasteiger partial charge in [0, 0.05) is 25.2 Å². The molecule has 0 spiro atoms. The van der Waals surface area contributed by atoms with E-state index in [1.165, 1.54) is 0 Å². The van der Waals surface area contributed by atoms with Crippen LogP contribution in [0.15, 0.2) is 12.3 Å². The van der Waals surface area contributed by atoms with E-state index in [4.69, 9.17) is 0 Å². The summed E-state index contributed by atoms with van der Waals surface area (Å²) < 4.78 is 26.0. The number of rotatable bonds is 5. The molecule has 5 nitrogen and oxygen atoms in total. The van der Waals surface area contributed by atoms with Crippen LogP contribution in [0.5, 0.6) is 0 Å². The van der Waals surface area contributed by atoms with Crippen molar-refractivity contribution in [3.8, 4) is 0 Å². The SMILES string of the molecule is CC(C)NC(=O)CCNC(=O)c1ccnc(F)c1F. The third-order valence-electron chi connectivity index (χ3n) is 2.18. The standard InChI is InChI=1S/C12H15F2N3O2/c1-7(2)17-9(18)4-6-16-12(19)8-3-5-15-11(14)10(8)13/h3,5,7H,4,6H2,1-2H3,(H,16,19)(H,17,18). The van der Waals surface area contributed by atoms with E-state index in [0.717, 1.165) is 12.3 Å². The molecular formula is C12H15F2N3O2. The molecule has 0 fully saturated rings. The fourth-order valence-corrected chi connectivity index (χ4v) is 1.37. The van der Waals surface area contributed by atoms with Crippen LogP contribution in [-0.4, -0.2) is 29.4 Å². The smallest absolute Gasteiger partial charge is 0.254 e. The molecule has 0 atom stereocenters.